The topological polar surface area (TPSA) is 42.4 Å². The fraction of sp³-hybridized carbons (Fsp3) is 0.118. The molecule has 106 valence electrons. The number of aromatic nitrogens is 1. The van der Waals surface area contributed by atoms with Crippen molar-refractivity contribution < 1.29 is 9.84 Å². The van der Waals surface area contributed by atoms with E-state index in [0.717, 1.165) is 20.9 Å². The van der Waals surface area contributed by atoms with Crippen molar-refractivity contribution in [2.45, 2.75) is 13.0 Å². The van der Waals surface area contributed by atoms with Gasteiger partial charge < -0.3 is 9.84 Å². The summed E-state index contributed by atoms with van der Waals surface area (Å²) in [6, 6.07) is 15.3. The summed E-state index contributed by atoms with van der Waals surface area (Å²) in [5.41, 5.74) is 1.66. The average molecular weight is 344 g/mol. The highest BCUT2D eigenvalue weighted by Crippen LogP contribution is 2.34. The van der Waals surface area contributed by atoms with E-state index in [1.807, 2.05) is 48.5 Å². The van der Waals surface area contributed by atoms with E-state index in [1.165, 1.54) is 0 Å². The number of ether oxygens (including phenoxy) is 1. The molecule has 1 atom stereocenters. The summed E-state index contributed by atoms with van der Waals surface area (Å²) in [5.74, 6) is 1.40. The standard InChI is InChI=1S/C17H14BrNO2/c1-11(20)13-7-8-15(14(18)10-13)21-16-6-2-4-12-5-3-9-19-17(12)16/h2-11,20H,1H3/t11-/m0/s1. The highest BCUT2D eigenvalue weighted by Gasteiger charge is 2.09. The van der Waals surface area contributed by atoms with E-state index in [1.54, 1.807) is 13.1 Å². The van der Waals surface area contributed by atoms with Gasteiger partial charge >= 0.3 is 0 Å². The number of fused-ring (bicyclic) bond motifs is 1. The molecule has 0 spiro atoms. The van der Waals surface area contributed by atoms with Crippen molar-refractivity contribution in [3.05, 3.63) is 64.8 Å². The third-order valence-corrected chi connectivity index (χ3v) is 3.87. The Labute approximate surface area is 131 Å². The summed E-state index contributed by atoms with van der Waals surface area (Å²) in [6.07, 6.45) is 1.25. The number of nitrogens with zero attached hydrogens (tertiary/aromatic N) is 1. The maximum atomic E-state index is 9.60. The molecule has 0 amide bonds. The molecule has 3 aromatic rings. The minimum absolute atomic E-state index is 0.505. The molecule has 0 saturated heterocycles. The Balaban J connectivity index is 1.99. The summed E-state index contributed by atoms with van der Waals surface area (Å²) in [7, 11) is 0. The van der Waals surface area contributed by atoms with Crippen LogP contribution in [0.5, 0.6) is 11.5 Å². The molecule has 3 rings (SSSR count). The van der Waals surface area contributed by atoms with Crippen molar-refractivity contribution in [3.63, 3.8) is 0 Å². The van der Waals surface area contributed by atoms with E-state index in [4.69, 9.17) is 4.74 Å². The molecule has 1 aromatic heterocycles. The lowest BCUT2D eigenvalue weighted by molar-refractivity contribution is 0.199. The Morgan fingerprint density at radius 3 is 2.67 bits per heavy atom. The van der Waals surface area contributed by atoms with Gasteiger partial charge in [0.2, 0.25) is 0 Å². The summed E-state index contributed by atoms with van der Waals surface area (Å²) in [4.78, 5) is 4.37. The molecular weight excluding hydrogens is 330 g/mol. The Bertz CT molecular complexity index is 781. The first-order valence-electron chi connectivity index (χ1n) is 6.64. The van der Waals surface area contributed by atoms with Gasteiger partial charge in [0.15, 0.2) is 5.75 Å². The quantitative estimate of drug-likeness (QED) is 0.739. The summed E-state index contributed by atoms with van der Waals surface area (Å²) >= 11 is 3.48. The van der Waals surface area contributed by atoms with Crippen molar-refractivity contribution in [1.82, 2.24) is 4.98 Å². The highest BCUT2D eigenvalue weighted by molar-refractivity contribution is 9.10. The summed E-state index contributed by atoms with van der Waals surface area (Å²) < 4.78 is 6.77. The average Bonchev–Trinajstić information content (AvgIpc) is 2.49. The minimum Gasteiger partial charge on any atom is -0.454 e. The number of benzene rings is 2. The Hall–Kier alpha value is -1.91. The van der Waals surface area contributed by atoms with Crippen molar-refractivity contribution in [1.29, 1.82) is 0 Å². The molecule has 1 N–H and O–H groups in total. The van der Waals surface area contributed by atoms with E-state index in [-0.39, 0.29) is 0 Å². The highest BCUT2D eigenvalue weighted by atomic mass is 79.9. The zero-order valence-corrected chi connectivity index (χ0v) is 13.0. The molecular formula is C17H14BrNO2. The van der Waals surface area contributed by atoms with Gasteiger partial charge in [-0.3, -0.25) is 4.98 Å². The maximum absolute atomic E-state index is 9.60. The van der Waals surface area contributed by atoms with Crippen LogP contribution in [0.2, 0.25) is 0 Å². The molecule has 3 nitrogen and oxygen atoms in total. The maximum Gasteiger partial charge on any atom is 0.153 e. The van der Waals surface area contributed by atoms with E-state index in [2.05, 4.69) is 20.9 Å². The van der Waals surface area contributed by atoms with Crippen LogP contribution in [0.1, 0.15) is 18.6 Å². The van der Waals surface area contributed by atoms with Gasteiger partial charge in [-0.2, -0.15) is 0 Å². The van der Waals surface area contributed by atoms with E-state index in [9.17, 15) is 5.11 Å². The van der Waals surface area contributed by atoms with Crippen molar-refractivity contribution in [3.8, 4) is 11.5 Å². The largest absolute Gasteiger partial charge is 0.454 e. The number of aliphatic hydroxyl groups excluding tert-OH is 1. The zero-order valence-electron chi connectivity index (χ0n) is 11.5. The van der Waals surface area contributed by atoms with Crippen molar-refractivity contribution >= 4 is 26.8 Å². The second-order valence-electron chi connectivity index (χ2n) is 4.80. The molecule has 4 heteroatoms. The molecule has 0 radical (unpaired) electrons. The van der Waals surface area contributed by atoms with Gasteiger partial charge in [0.1, 0.15) is 11.3 Å². The van der Waals surface area contributed by atoms with E-state index in [0.29, 0.717) is 11.5 Å². The first kappa shape index (κ1) is 14.0. The first-order valence-corrected chi connectivity index (χ1v) is 7.43. The van der Waals surface area contributed by atoms with Crippen LogP contribution in [0, 0.1) is 0 Å². The van der Waals surface area contributed by atoms with E-state index < -0.39 is 6.10 Å². The molecule has 0 unspecified atom stereocenters. The van der Waals surface area contributed by atoms with Gasteiger partial charge in [-0.05, 0) is 52.7 Å². The fourth-order valence-corrected chi connectivity index (χ4v) is 2.61. The monoisotopic (exact) mass is 343 g/mol. The predicted molar refractivity (Wildman–Crippen MR) is 86.6 cm³/mol. The first-order chi connectivity index (χ1) is 10.1. The van der Waals surface area contributed by atoms with Crippen LogP contribution >= 0.6 is 15.9 Å². The Morgan fingerprint density at radius 2 is 1.90 bits per heavy atom. The van der Waals surface area contributed by atoms with Crippen LogP contribution in [0.4, 0.5) is 0 Å². The Kier molecular flexibility index (Phi) is 3.90. The molecule has 0 saturated carbocycles. The van der Waals surface area contributed by atoms with Gasteiger partial charge in [-0.25, -0.2) is 0 Å². The molecule has 1 heterocycles. The lowest BCUT2D eigenvalue weighted by atomic mass is 10.1. The van der Waals surface area contributed by atoms with Crippen LogP contribution in [-0.2, 0) is 0 Å². The number of hydrogen-bond donors (Lipinski definition) is 1. The predicted octanol–water partition coefficient (Wildman–Crippen LogP) is 4.84. The van der Waals surface area contributed by atoms with Crippen LogP contribution in [0.15, 0.2) is 59.2 Å². The second-order valence-corrected chi connectivity index (χ2v) is 5.65. The normalized spacial score (nSPS) is 12.3. The van der Waals surface area contributed by atoms with Gasteiger partial charge in [0, 0.05) is 11.6 Å². The van der Waals surface area contributed by atoms with Crippen molar-refractivity contribution in [2.75, 3.05) is 0 Å². The minimum atomic E-state index is -0.505. The number of hydrogen-bond acceptors (Lipinski definition) is 3. The molecule has 0 aliphatic heterocycles. The molecule has 0 aliphatic carbocycles. The van der Waals surface area contributed by atoms with Gasteiger partial charge in [-0.15, -0.1) is 0 Å². The summed E-state index contributed by atoms with van der Waals surface area (Å²) in [6.45, 7) is 1.73. The van der Waals surface area contributed by atoms with Gasteiger partial charge in [0.25, 0.3) is 0 Å². The fourth-order valence-electron chi connectivity index (χ4n) is 2.14. The van der Waals surface area contributed by atoms with E-state index >= 15 is 0 Å². The third-order valence-electron chi connectivity index (χ3n) is 3.25. The molecule has 0 aliphatic rings. The van der Waals surface area contributed by atoms with Crippen LogP contribution in [0.3, 0.4) is 0 Å². The third kappa shape index (κ3) is 2.91. The molecule has 21 heavy (non-hydrogen) atoms. The molecule has 0 bridgehead atoms. The van der Waals surface area contributed by atoms with Gasteiger partial charge in [0.05, 0.1) is 10.6 Å². The molecule has 0 fully saturated rings. The summed E-state index contributed by atoms with van der Waals surface area (Å²) in [5, 5.41) is 10.6. The molecule has 2 aromatic carbocycles. The van der Waals surface area contributed by atoms with Gasteiger partial charge in [-0.1, -0.05) is 24.3 Å². The SMILES string of the molecule is C[C@H](O)c1ccc(Oc2cccc3cccnc23)c(Br)c1. The number of rotatable bonds is 3. The second kappa shape index (κ2) is 5.84. The van der Waals surface area contributed by atoms with Crippen LogP contribution in [-0.4, -0.2) is 10.1 Å². The number of aliphatic hydroxyl groups is 1. The van der Waals surface area contributed by atoms with Crippen LogP contribution in [0.25, 0.3) is 10.9 Å². The number of halogens is 1. The lowest BCUT2D eigenvalue weighted by Crippen LogP contribution is -1.93. The van der Waals surface area contributed by atoms with Crippen molar-refractivity contribution in [2.24, 2.45) is 0 Å². The number of para-hydroxylation sites is 1. The lowest BCUT2D eigenvalue weighted by Gasteiger charge is -2.12. The van der Waals surface area contributed by atoms with Crippen LogP contribution < -0.4 is 4.74 Å². The number of pyridine rings is 1. The smallest absolute Gasteiger partial charge is 0.153 e. The zero-order chi connectivity index (χ0) is 14.8. The Morgan fingerprint density at radius 1 is 1.10 bits per heavy atom.